The SMILES string of the molecule is CCC/C=C\CCCCCCCC(=O)OC(COC(=O)CCCCCCCCCCCC)COC(=O)CCCCCCCCCCCCCCCCCCCCCCC. The molecule has 0 aliphatic heterocycles. The first-order chi connectivity index (χ1) is 29.0. The van der Waals surface area contributed by atoms with Gasteiger partial charge in [0.2, 0.25) is 0 Å². The normalized spacial score (nSPS) is 12.0. The van der Waals surface area contributed by atoms with Crippen LogP contribution in [0.15, 0.2) is 12.2 Å². The molecular formula is C53H100O6. The van der Waals surface area contributed by atoms with E-state index in [9.17, 15) is 14.4 Å². The van der Waals surface area contributed by atoms with Crippen molar-refractivity contribution in [1.29, 1.82) is 0 Å². The predicted molar refractivity (Wildman–Crippen MR) is 252 cm³/mol. The molecule has 6 heteroatoms. The summed E-state index contributed by atoms with van der Waals surface area (Å²) in [5.74, 6) is -0.866. The summed E-state index contributed by atoms with van der Waals surface area (Å²) in [6.45, 7) is 6.59. The highest BCUT2D eigenvalue weighted by atomic mass is 16.6. The third-order valence-electron chi connectivity index (χ3n) is 11.8. The van der Waals surface area contributed by atoms with Crippen molar-refractivity contribution in [3.05, 3.63) is 12.2 Å². The molecule has 348 valence electrons. The molecule has 0 rings (SSSR count). The first kappa shape index (κ1) is 57.1. The molecule has 59 heavy (non-hydrogen) atoms. The first-order valence-corrected chi connectivity index (χ1v) is 26.2. The van der Waals surface area contributed by atoms with Crippen LogP contribution in [0.5, 0.6) is 0 Å². The molecule has 0 bridgehead atoms. The molecule has 0 spiro atoms. The van der Waals surface area contributed by atoms with Crippen molar-refractivity contribution in [2.75, 3.05) is 13.2 Å². The van der Waals surface area contributed by atoms with E-state index in [1.165, 1.54) is 180 Å². The van der Waals surface area contributed by atoms with Crippen molar-refractivity contribution in [3.63, 3.8) is 0 Å². The Kier molecular flexibility index (Phi) is 47.3. The fourth-order valence-corrected chi connectivity index (χ4v) is 7.80. The summed E-state index contributed by atoms with van der Waals surface area (Å²) in [6.07, 6.45) is 53.6. The van der Waals surface area contributed by atoms with Crippen LogP contribution in [-0.2, 0) is 28.6 Å². The predicted octanol–water partition coefficient (Wildman–Crippen LogP) is 17.0. The zero-order chi connectivity index (χ0) is 43.0. The van der Waals surface area contributed by atoms with Gasteiger partial charge in [-0.1, -0.05) is 245 Å². The summed E-state index contributed by atoms with van der Waals surface area (Å²) in [5.41, 5.74) is 0. The smallest absolute Gasteiger partial charge is 0.306 e. The molecule has 0 aromatic heterocycles. The van der Waals surface area contributed by atoms with Gasteiger partial charge in [0, 0.05) is 19.3 Å². The van der Waals surface area contributed by atoms with Crippen LogP contribution >= 0.6 is 0 Å². The number of rotatable bonds is 48. The van der Waals surface area contributed by atoms with Crippen LogP contribution in [0.3, 0.4) is 0 Å². The molecule has 0 saturated carbocycles. The first-order valence-electron chi connectivity index (χ1n) is 26.2. The number of esters is 3. The number of hydrogen-bond acceptors (Lipinski definition) is 6. The molecule has 0 heterocycles. The fourth-order valence-electron chi connectivity index (χ4n) is 7.80. The van der Waals surface area contributed by atoms with Crippen molar-refractivity contribution in [3.8, 4) is 0 Å². The number of allylic oxidation sites excluding steroid dienone is 2. The van der Waals surface area contributed by atoms with Gasteiger partial charge in [-0.15, -0.1) is 0 Å². The summed E-state index contributed by atoms with van der Waals surface area (Å²) in [4.78, 5) is 37.8. The zero-order valence-electron chi connectivity index (χ0n) is 39.8. The van der Waals surface area contributed by atoms with Gasteiger partial charge in [0.05, 0.1) is 0 Å². The molecule has 0 aromatic rings. The van der Waals surface area contributed by atoms with E-state index >= 15 is 0 Å². The van der Waals surface area contributed by atoms with E-state index in [0.717, 1.165) is 70.6 Å². The van der Waals surface area contributed by atoms with E-state index in [1.807, 2.05) is 0 Å². The van der Waals surface area contributed by atoms with Crippen molar-refractivity contribution < 1.29 is 28.6 Å². The number of unbranched alkanes of at least 4 members (excludes halogenated alkanes) is 35. The van der Waals surface area contributed by atoms with Crippen LogP contribution in [0, 0.1) is 0 Å². The molecule has 0 saturated heterocycles. The third-order valence-corrected chi connectivity index (χ3v) is 11.8. The highest BCUT2D eigenvalue weighted by molar-refractivity contribution is 5.71. The molecule has 0 aromatic carbocycles. The standard InChI is InChI=1S/C53H100O6/c1-4-7-10-13-16-19-22-23-24-25-26-27-28-29-30-31-32-35-37-40-43-46-52(55)58-49-50(59-53(56)47-44-41-38-34-21-18-15-12-9-6-3)48-57-51(54)45-42-39-36-33-20-17-14-11-8-5-2/h12,15,50H,4-11,13-14,16-49H2,1-3H3/b15-12-. The summed E-state index contributed by atoms with van der Waals surface area (Å²) in [5, 5.41) is 0. The Morgan fingerprint density at radius 2 is 0.593 bits per heavy atom. The Bertz CT molecular complexity index is 916. The van der Waals surface area contributed by atoms with Crippen molar-refractivity contribution in [1.82, 2.24) is 0 Å². The lowest BCUT2D eigenvalue weighted by molar-refractivity contribution is -0.167. The average molecular weight is 833 g/mol. The van der Waals surface area contributed by atoms with E-state index in [1.54, 1.807) is 0 Å². The lowest BCUT2D eigenvalue weighted by atomic mass is 10.0. The number of carbonyl (C=O) groups excluding carboxylic acids is 3. The summed E-state index contributed by atoms with van der Waals surface area (Å²) >= 11 is 0. The number of hydrogen-bond donors (Lipinski definition) is 0. The summed E-state index contributed by atoms with van der Waals surface area (Å²) in [7, 11) is 0. The molecule has 0 radical (unpaired) electrons. The van der Waals surface area contributed by atoms with E-state index in [4.69, 9.17) is 14.2 Å². The topological polar surface area (TPSA) is 78.9 Å². The highest BCUT2D eigenvalue weighted by Crippen LogP contribution is 2.17. The van der Waals surface area contributed by atoms with Gasteiger partial charge < -0.3 is 14.2 Å². The van der Waals surface area contributed by atoms with Crippen LogP contribution in [0.2, 0.25) is 0 Å². The van der Waals surface area contributed by atoms with Gasteiger partial charge in [-0.25, -0.2) is 0 Å². The monoisotopic (exact) mass is 833 g/mol. The lowest BCUT2D eigenvalue weighted by Gasteiger charge is -2.18. The van der Waals surface area contributed by atoms with Gasteiger partial charge in [-0.05, 0) is 38.5 Å². The van der Waals surface area contributed by atoms with E-state index < -0.39 is 6.10 Å². The quantitative estimate of drug-likeness (QED) is 0.0263. The Morgan fingerprint density at radius 3 is 0.915 bits per heavy atom. The number of ether oxygens (including phenoxy) is 3. The molecule has 0 fully saturated rings. The fraction of sp³-hybridized carbons (Fsp3) is 0.906. The van der Waals surface area contributed by atoms with Crippen LogP contribution in [0.1, 0.15) is 290 Å². The highest BCUT2D eigenvalue weighted by Gasteiger charge is 2.19. The minimum atomic E-state index is -0.766. The van der Waals surface area contributed by atoms with E-state index in [2.05, 4.69) is 32.9 Å². The zero-order valence-corrected chi connectivity index (χ0v) is 39.8. The van der Waals surface area contributed by atoms with Gasteiger partial charge in [0.25, 0.3) is 0 Å². The Morgan fingerprint density at radius 1 is 0.322 bits per heavy atom. The van der Waals surface area contributed by atoms with Crippen LogP contribution in [0.4, 0.5) is 0 Å². The second kappa shape index (κ2) is 48.8. The van der Waals surface area contributed by atoms with Crippen molar-refractivity contribution in [2.24, 2.45) is 0 Å². The maximum absolute atomic E-state index is 12.7. The number of carbonyl (C=O) groups is 3. The van der Waals surface area contributed by atoms with Gasteiger partial charge in [-0.3, -0.25) is 14.4 Å². The summed E-state index contributed by atoms with van der Waals surface area (Å²) in [6, 6.07) is 0. The molecule has 6 nitrogen and oxygen atoms in total. The van der Waals surface area contributed by atoms with Crippen LogP contribution in [-0.4, -0.2) is 37.2 Å². The maximum atomic E-state index is 12.7. The maximum Gasteiger partial charge on any atom is 0.306 e. The molecule has 0 aliphatic rings. The molecule has 0 aliphatic carbocycles. The third kappa shape index (κ3) is 47.1. The average Bonchev–Trinajstić information content (AvgIpc) is 3.23. The van der Waals surface area contributed by atoms with Crippen molar-refractivity contribution in [2.45, 2.75) is 297 Å². The molecule has 1 atom stereocenters. The molecule has 1 unspecified atom stereocenters. The minimum absolute atomic E-state index is 0.0685. The summed E-state index contributed by atoms with van der Waals surface area (Å²) < 4.78 is 16.7. The molecular weight excluding hydrogens is 733 g/mol. The second-order valence-corrected chi connectivity index (χ2v) is 17.8. The lowest BCUT2D eigenvalue weighted by Crippen LogP contribution is -2.30. The molecule has 0 amide bonds. The Labute approximate surface area is 367 Å². The van der Waals surface area contributed by atoms with Gasteiger partial charge in [0.15, 0.2) is 6.10 Å². The van der Waals surface area contributed by atoms with E-state index in [0.29, 0.717) is 19.3 Å². The van der Waals surface area contributed by atoms with Gasteiger partial charge >= 0.3 is 17.9 Å². The minimum Gasteiger partial charge on any atom is -0.462 e. The van der Waals surface area contributed by atoms with Gasteiger partial charge in [0.1, 0.15) is 13.2 Å². The molecule has 0 N–H and O–H groups in total. The Balaban J connectivity index is 4.16. The van der Waals surface area contributed by atoms with Gasteiger partial charge in [-0.2, -0.15) is 0 Å². The van der Waals surface area contributed by atoms with Crippen LogP contribution < -0.4 is 0 Å². The van der Waals surface area contributed by atoms with E-state index in [-0.39, 0.29) is 31.1 Å². The second-order valence-electron chi connectivity index (χ2n) is 17.8. The van der Waals surface area contributed by atoms with Crippen molar-refractivity contribution >= 4 is 17.9 Å². The Hall–Kier alpha value is -1.85. The van der Waals surface area contributed by atoms with Crippen LogP contribution in [0.25, 0.3) is 0 Å². The largest absolute Gasteiger partial charge is 0.462 e.